The van der Waals surface area contributed by atoms with Crippen molar-refractivity contribution in [2.45, 2.75) is 18.4 Å². The first-order valence-electron chi connectivity index (χ1n) is 5.99. The van der Waals surface area contributed by atoms with Crippen molar-refractivity contribution in [2.24, 2.45) is 0 Å². The number of esters is 1. The fourth-order valence-corrected chi connectivity index (χ4v) is 2.80. The molecule has 2 aliphatic heterocycles. The van der Waals surface area contributed by atoms with Crippen LogP contribution in [0.15, 0.2) is 18.2 Å². The van der Waals surface area contributed by atoms with Crippen LogP contribution in [0.25, 0.3) is 0 Å². The summed E-state index contributed by atoms with van der Waals surface area (Å²) >= 11 is 0. The van der Waals surface area contributed by atoms with Crippen LogP contribution in [-0.4, -0.2) is 32.2 Å². The molecule has 4 nitrogen and oxygen atoms in total. The molecule has 90 valence electrons. The zero-order chi connectivity index (χ0) is 11.8. The van der Waals surface area contributed by atoms with E-state index in [0.29, 0.717) is 17.5 Å². The number of ether oxygens (including phenoxy) is 1. The largest absolute Gasteiger partial charge is 0.465 e. The lowest BCUT2D eigenvalue weighted by molar-refractivity contribution is 0.0600. The molecule has 17 heavy (non-hydrogen) atoms. The van der Waals surface area contributed by atoms with E-state index in [2.05, 4.69) is 10.6 Å². The van der Waals surface area contributed by atoms with Crippen LogP contribution >= 0.6 is 0 Å². The van der Waals surface area contributed by atoms with Gasteiger partial charge in [0.2, 0.25) is 0 Å². The van der Waals surface area contributed by atoms with E-state index in [1.807, 2.05) is 18.2 Å². The van der Waals surface area contributed by atoms with Gasteiger partial charge in [-0.1, -0.05) is 0 Å². The summed E-state index contributed by atoms with van der Waals surface area (Å²) in [5.74, 6) is 0.211. The third kappa shape index (κ3) is 1.69. The quantitative estimate of drug-likeness (QED) is 0.717. The minimum absolute atomic E-state index is 0.264. The Morgan fingerprint density at radius 2 is 2.35 bits per heavy atom. The Balaban J connectivity index is 1.96. The highest BCUT2D eigenvalue weighted by atomic mass is 16.5. The van der Waals surface area contributed by atoms with Crippen LogP contribution < -0.4 is 10.6 Å². The van der Waals surface area contributed by atoms with Crippen molar-refractivity contribution in [1.82, 2.24) is 5.32 Å². The van der Waals surface area contributed by atoms with E-state index in [-0.39, 0.29) is 5.97 Å². The smallest absolute Gasteiger partial charge is 0.337 e. The first kappa shape index (κ1) is 10.6. The molecule has 3 rings (SSSR count). The van der Waals surface area contributed by atoms with Crippen LogP contribution in [0.2, 0.25) is 0 Å². The molecule has 0 saturated carbocycles. The molecule has 2 atom stereocenters. The molecule has 2 unspecified atom stereocenters. The summed E-state index contributed by atoms with van der Waals surface area (Å²) in [6, 6.07) is 6.29. The first-order valence-corrected chi connectivity index (χ1v) is 5.99. The van der Waals surface area contributed by atoms with Crippen molar-refractivity contribution in [1.29, 1.82) is 0 Å². The molecule has 0 bridgehead atoms. The number of hydrogen-bond donors (Lipinski definition) is 2. The molecule has 2 N–H and O–H groups in total. The number of benzene rings is 1. The second-order valence-corrected chi connectivity index (χ2v) is 4.64. The predicted octanol–water partition coefficient (Wildman–Crippen LogP) is 1.34. The molecule has 0 aromatic heterocycles. The zero-order valence-electron chi connectivity index (χ0n) is 9.82. The topological polar surface area (TPSA) is 50.4 Å². The standard InChI is InChI=1S/C13H16N2O2/c1-17-13(16)8-2-3-11-9(6-8)10-7-14-5-4-12(10)15-11/h2-3,6,10,12,14-15H,4-5,7H2,1H3. The number of carbonyl (C=O) groups is 1. The van der Waals surface area contributed by atoms with Gasteiger partial charge in [-0.2, -0.15) is 0 Å². The lowest BCUT2D eigenvalue weighted by Gasteiger charge is -2.26. The zero-order valence-corrected chi connectivity index (χ0v) is 9.82. The molecule has 1 aromatic carbocycles. The Morgan fingerprint density at radius 3 is 3.18 bits per heavy atom. The van der Waals surface area contributed by atoms with E-state index in [9.17, 15) is 4.79 Å². The predicted molar refractivity (Wildman–Crippen MR) is 65.4 cm³/mol. The van der Waals surface area contributed by atoms with E-state index in [1.165, 1.54) is 12.7 Å². The normalized spacial score (nSPS) is 25.7. The molecule has 1 fully saturated rings. The number of nitrogens with one attached hydrogen (secondary N) is 2. The van der Waals surface area contributed by atoms with Gasteiger partial charge >= 0.3 is 5.97 Å². The van der Waals surface area contributed by atoms with Crippen molar-refractivity contribution in [2.75, 3.05) is 25.5 Å². The summed E-state index contributed by atoms with van der Waals surface area (Å²) in [5.41, 5.74) is 3.04. The van der Waals surface area contributed by atoms with Gasteiger partial charge in [0.25, 0.3) is 0 Å². The molecule has 4 heteroatoms. The van der Waals surface area contributed by atoms with Gasteiger partial charge in [0, 0.05) is 24.2 Å². The molecule has 1 saturated heterocycles. The lowest BCUT2D eigenvalue weighted by atomic mass is 9.90. The number of hydrogen-bond acceptors (Lipinski definition) is 4. The highest BCUT2D eigenvalue weighted by Crippen LogP contribution is 2.38. The van der Waals surface area contributed by atoms with Crippen LogP contribution in [0.4, 0.5) is 5.69 Å². The second-order valence-electron chi connectivity index (χ2n) is 4.64. The molecule has 2 heterocycles. The summed E-state index contributed by atoms with van der Waals surface area (Å²) in [5, 5.41) is 6.93. The van der Waals surface area contributed by atoms with Gasteiger partial charge < -0.3 is 15.4 Å². The maximum Gasteiger partial charge on any atom is 0.337 e. The van der Waals surface area contributed by atoms with Crippen LogP contribution in [0, 0.1) is 0 Å². The van der Waals surface area contributed by atoms with Crippen molar-refractivity contribution < 1.29 is 9.53 Å². The van der Waals surface area contributed by atoms with E-state index in [4.69, 9.17) is 4.74 Å². The molecular formula is C13H16N2O2. The molecule has 1 aromatic rings. The number of rotatable bonds is 1. The van der Waals surface area contributed by atoms with Gasteiger partial charge in [0.15, 0.2) is 0 Å². The minimum atomic E-state index is -0.264. The van der Waals surface area contributed by atoms with E-state index >= 15 is 0 Å². The third-order valence-corrected chi connectivity index (χ3v) is 3.70. The van der Waals surface area contributed by atoms with Crippen LogP contribution in [0.5, 0.6) is 0 Å². The maximum atomic E-state index is 11.5. The van der Waals surface area contributed by atoms with Gasteiger partial charge in [0.1, 0.15) is 0 Å². The Morgan fingerprint density at radius 1 is 1.47 bits per heavy atom. The molecular weight excluding hydrogens is 216 g/mol. The summed E-state index contributed by atoms with van der Waals surface area (Å²) in [7, 11) is 1.42. The number of methoxy groups -OCH3 is 1. The van der Waals surface area contributed by atoms with E-state index in [0.717, 1.165) is 25.2 Å². The van der Waals surface area contributed by atoms with Crippen molar-refractivity contribution >= 4 is 11.7 Å². The summed E-state index contributed by atoms with van der Waals surface area (Å²) in [6.45, 7) is 2.04. The number of anilines is 1. The van der Waals surface area contributed by atoms with Gasteiger partial charge in [0.05, 0.1) is 12.7 Å². The van der Waals surface area contributed by atoms with E-state index in [1.54, 1.807) is 0 Å². The van der Waals surface area contributed by atoms with Crippen molar-refractivity contribution in [3.05, 3.63) is 29.3 Å². The van der Waals surface area contributed by atoms with E-state index < -0.39 is 0 Å². The maximum absolute atomic E-state index is 11.5. The monoisotopic (exact) mass is 232 g/mol. The average Bonchev–Trinajstić information content (AvgIpc) is 2.75. The van der Waals surface area contributed by atoms with Gasteiger partial charge in [-0.05, 0) is 36.7 Å². The number of fused-ring (bicyclic) bond motifs is 3. The average molecular weight is 232 g/mol. The highest BCUT2D eigenvalue weighted by Gasteiger charge is 2.34. The van der Waals surface area contributed by atoms with Crippen molar-refractivity contribution in [3.8, 4) is 0 Å². The Hall–Kier alpha value is -1.55. The van der Waals surface area contributed by atoms with Crippen LogP contribution in [0.1, 0.15) is 28.3 Å². The van der Waals surface area contributed by atoms with Gasteiger partial charge in [-0.3, -0.25) is 0 Å². The fourth-order valence-electron chi connectivity index (χ4n) is 2.80. The SMILES string of the molecule is COC(=O)c1ccc2c(c1)C1CNCCC1N2. The molecule has 0 radical (unpaired) electrons. The Bertz CT molecular complexity index is 459. The fraction of sp³-hybridized carbons (Fsp3) is 0.462. The van der Waals surface area contributed by atoms with Gasteiger partial charge in [-0.15, -0.1) is 0 Å². The summed E-state index contributed by atoms with van der Waals surface area (Å²) < 4.78 is 4.76. The lowest BCUT2D eigenvalue weighted by Crippen LogP contribution is -2.38. The van der Waals surface area contributed by atoms with Gasteiger partial charge in [-0.25, -0.2) is 4.79 Å². The third-order valence-electron chi connectivity index (χ3n) is 3.70. The first-order chi connectivity index (χ1) is 8.29. The van der Waals surface area contributed by atoms with Crippen molar-refractivity contribution in [3.63, 3.8) is 0 Å². The molecule has 0 aliphatic carbocycles. The second kappa shape index (κ2) is 4.04. The highest BCUT2D eigenvalue weighted by molar-refractivity contribution is 5.90. The molecule has 0 amide bonds. The number of piperidine rings is 1. The molecule has 0 spiro atoms. The summed E-state index contributed by atoms with van der Waals surface area (Å²) in [4.78, 5) is 11.5. The van der Waals surface area contributed by atoms with Crippen LogP contribution in [0.3, 0.4) is 0 Å². The molecule has 2 aliphatic rings. The number of carbonyl (C=O) groups excluding carboxylic acids is 1. The minimum Gasteiger partial charge on any atom is -0.465 e. The summed E-state index contributed by atoms with van der Waals surface area (Å²) in [6.07, 6.45) is 1.13. The Labute approximate surface area is 100 Å². The Kier molecular flexibility index (Phi) is 2.52. The van der Waals surface area contributed by atoms with Crippen LogP contribution in [-0.2, 0) is 4.74 Å².